The smallest absolute Gasteiger partial charge is 0.269 e. The highest BCUT2D eigenvalue weighted by molar-refractivity contribution is 6.06. The van der Waals surface area contributed by atoms with E-state index >= 15 is 0 Å². The molecule has 0 saturated carbocycles. The molecule has 0 saturated heterocycles. The molecule has 2 aromatic carbocycles. The van der Waals surface area contributed by atoms with E-state index in [9.17, 15) is 19.7 Å². The number of carbonyl (C=O) groups is 2. The summed E-state index contributed by atoms with van der Waals surface area (Å²) in [6.07, 6.45) is 3.77. The molecule has 0 fully saturated rings. The van der Waals surface area contributed by atoms with Gasteiger partial charge in [-0.05, 0) is 37.0 Å². The Balaban J connectivity index is 1.96. The monoisotopic (exact) mass is 419 g/mol. The number of nitro benzene ring substituents is 1. The summed E-state index contributed by atoms with van der Waals surface area (Å²) in [6.45, 7) is 2.02. The van der Waals surface area contributed by atoms with E-state index in [0.717, 1.165) is 30.6 Å². The van der Waals surface area contributed by atoms with Gasteiger partial charge in [0.05, 0.1) is 22.3 Å². The van der Waals surface area contributed by atoms with Crippen LogP contribution in [-0.4, -0.2) is 16.6 Å². The topological polar surface area (TPSA) is 92.6 Å². The average molecular weight is 419 g/mol. The first-order chi connectivity index (χ1) is 15.0. The lowest BCUT2D eigenvalue weighted by Crippen LogP contribution is -2.38. The maximum atomic E-state index is 13.5. The predicted molar refractivity (Wildman–Crippen MR) is 119 cm³/mol. The van der Waals surface area contributed by atoms with E-state index < -0.39 is 11.0 Å². The number of hydrogen-bond acceptors (Lipinski definition) is 5. The first-order valence-corrected chi connectivity index (χ1v) is 10.7. The Bertz CT molecular complexity index is 1080. The van der Waals surface area contributed by atoms with E-state index in [0.29, 0.717) is 36.1 Å². The molecule has 4 rings (SSSR count). The third-order valence-corrected chi connectivity index (χ3v) is 5.85. The van der Waals surface area contributed by atoms with Crippen LogP contribution < -0.4 is 10.2 Å². The van der Waals surface area contributed by atoms with Crippen LogP contribution in [0.3, 0.4) is 0 Å². The van der Waals surface area contributed by atoms with Gasteiger partial charge in [-0.1, -0.05) is 37.6 Å². The number of nitrogens with one attached hydrogen (secondary N) is 1. The number of nitrogens with zero attached hydrogens (tertiary/aromatic N) is 2. The number of unbranched alkanes of at least 4 members (excludes halogenated alkanes) is 1. The highest BCUT2D eigenvalue weighted by Crippen LogP contribution is 2.45. The molecule has 0 bridgehead atoms. The Labute approximate surface area is 180 Å². The summed E-state index contributed by atoms with van der Waals surface area (Å²) in [7, 11) is 0. The molecule has 1 atom stereocenters. The molecular formula is C24H25N3O4. The van der Waals surface area contributed by atoms with Crippen LogP contribution in [0.1, 0.15) is 57.1 Å². The molecule has 1 aliphatic heterocycles. The lowest BCUT2D eigenvalue weighted by Gasteiger charge is -2.34. The van der Waals surface area contributed by atoms with Crippen molar-refractivity contribution < 1.29 is 14.5 Å². The van der Waals surface area contributed by atoms with E-state index in [1.165, 1.54) is 12.1 Å². The van der Waals surface area contributed by atoms with Crippen molar-refractivity contribution in [3.63, 3.8) is 0 Å². The van der Waals surface area contributed by atoms with Crippen LogP contribution in [0.5, 0.6) is 0 Å². The van der Waals surface area contributed by atoms with Gasteiger partial charge in [0, 0.05) is 36.2 Å². The Morgan fingerprint density at radius 1 is 1.19 bits per heavy atom. The molecule has 1 aliphatic carbocycles. The number of amides is 1. The molecule has 31 heavy (non-hydrogen) atoms. The molecular weight excluding hydrogens is 394 g/mol. The number of nitro groups is 1. The number of benzene rings is 2. The van der Waals surface area contributed by atoms with Crippen LogP contribution in [0.25, 0.3) is 0 Å². The zero-order chi connectivity index (χ0) is 22.0. The Morgan fingerprint density at radius 3 is 2.77 bits per heavy atom. The molecule has 160 valence electrons. The van der Waals surface area contributed by atoms with Gasteiger partial charge in [-0.25, -0.2) is 0 Å². The van der Waals surface area contributed by atoms with Gasteiger partial charge in [0.2, 0.25) is 5.91 Å². The summed E-state index contributed by atoms with van der Waals surface area (Å²) in [5.41, 5.74) is 3.29. The summed E-state index contributed by atoms with van der Waals surface area (Å²) in [5.74, 6) is -0.119. The summed E-state index contributed by atoms with van der Waals surface area (Å²) < 4.78 is 0. The number of Topliss-reactive ketones (excluding diaryl/α,β-unsaturated/α-hetero) is 1. The van der Waals surface area contributed by atoms with Crippen molar-refractivity contribution in [2.45, 2.75) is 51.5 Å². The minimum Gasteiger partial charge on any atom is -0.357 e. The normalized spacial score (nSPS) is 18.0. The van der Waals surface area contributed by atoms with E-state index in [2.05, 4.69) is 5.32 Å². The van der Waals surface area contributed by atoms with Crippen molar-refractivity contribution in [1.29, 1.82) is 0 Å². The Morgan fingerprint density at radius 2 is 2.00 bits per heavy atom. The number of allylic oxidation sites excluding steroid dienone is 1. The van der Waals surface area contributed by atoms with Crippen LogP contribution in [0, 0.1) is 10.1 Å². The third kappa shape index (κ3) is 3.95. The molecule has 2 aromatic rings. The maximum Gasteiger partial charge on any atom is 0.269 e. The van der Waals surface area contributed by atoms with Crippen LogP contribution in [0.15, 0.2) is 59.8 Å². The minimum atomic E-state index is -0.705. The average Bonchev–Trinajstić information content (AvgIpc) is 2.92. The zero-order valence-corrected chi connectivity index (χ0v) is 17.5. The fraction of sp³-hybridized carbons (Fsp3) is 0.333. The number of hydrogen-bond donors (Lipinski definition) is 1. The van der Waals surface area contributed by atoms with Crippen molar-refractivity contribution in [2.75, 3.05) is 10.2 Å². The fourth-order valence-corrected chi connectivity index (χ4v) is 4.38. The number of carbonyl (C=O) groups excluding carboxylic acids is 2. The van der Waals surface area contributed by atoms with Crippen molar-refractivity contribution in [2.24, 2.45) is 0 Å². The van der Waals surface area contributed by atoms with Gasteiger partial charge in [-0.3, -0.25) is 24.6 Å². The van der Waals surface area contributed by atoms with Crippen LogP contribution in [-0.2, 0) is 9.59 Å². The van der Waals surface area contributed by atoms with Gasteiger partial charge in [0.1, 0.15) is 0 Å². The molecule has 7 nitrogen and oxygen atoms in total. The third-order valence-electron chi connectivity index (χ3n) is 5.85. The van der Waals surface area contributed by atoms with Crippen LogP contribution in [0.4, 0.5) is 17.1 Å². The van der Waals surface area contributed by atoms with E-state index in [4.69, 9.17) is 0 Å². The largest absolute Gasteiger partial charge is 0.357 e. The first kappa shape index (κ1) is 20.8. The Kier molecular flexibility index (Phi) is 5.84. The molecule has 0 unspecified atom stereocenters. The number of para-hydroxylation sites is 2. The van der Waals surface area contributed by atoms with Gasteiger partial charge in [0.15, 0.2) is 5.78 Å². The SMILES string of the molecule is CCCCC(=O)N1c2ccccc2NC2=C(C(=O)CCC2)[C@H]1c1cccc([N+](=O)[O-])c1. The highest BCUT2D eigenvalue weighted by Gasteiger charge is 2.39. The van der Waals surface area contributed by atoms with Gasteiger partial charge >= 0.3 is 0 Å². The van der Waals surface area contributed by atoms with Gasteiger partial charge in [-0.15, -0.1) is 0 Å². The molecule has 1 amide bonds. The molecule has 0 spiro atoms. The summed E-state index contributed by atoms with van der Waals surface area (Å²) in [4.78, 5) is 39.3. The highest BCUT2D eigenvalue weighted by atomic mass is 16.6. The van der Waals surface area contributed by atoms with Crippen LogP contribution in [0.2, 0.25) is 0 Å². The predicted octanol–water partition coefficient (Wildman–Crippen LogP) is 5.29. The second-order valence-electron chi connectivity index (χ2n) is 7.93. The number of non-ortho nitro benzene ring substituents is 1. The summed E-state index contributed by atoms with van der Waals surface area (Å²) >= 11 is 0. The number of fused-ring (bicyclic) bond motifs is 1. The second kappa shape index (κ2) is 8.71. The molecule has 0 radical (unpaired) electrons. The molecule has 1 heterocycles. The van der Waals surface area contributed by atoms with Crippen molar-refractivity contribution in [1.82, 2.24) is 0 Å². The zero-order valence-electron chi connectivity index (χ0n) is 17.5. The first-order valence-electron chi connectivity index (χ1n) is 10.7. The minimum absolute atomic E-state index is 0.0219. The summed E-state index contributed by atoms with van der Waals surface area (Å²) in [6, 6.07) is 13.1. The van der Waals surface area contributed by atoms with Crippen LogP contribution >= 0.6 is 0 Å². The van der Waals surface area contributed by atoms with E-state index in [-0.39, 0.29) is 17.4 Å². The number of anilines is 2. The fourth-order valence-electron chi connectivity index (χ4n) is 4.38. The van der Waals surface area contributed by atoms with E-state index in [1.54, 1.807) is 17.0 Å². The van der Waals surface area contributed by atoms with Crippen molar-refractivity contribution in [3.8, 4) is 0 Å². The number of ketones is 1. The number of rotatable bonds is 5. The lowest BCUT2D eigenvalue weighted by atomic mass is 9.85. The quantitative estimate of drug-likeness (QED) is 0.525. The molecule has 7 heteroatoms. The van der Waals surface area contributed by atoms with Gasteiger partial charge in [0.25, 0.3) is 5.69 Å². The second-order valence-corrected chi connectivity index (χ2v) is 7.93. The standard InChI is InChI=1S/C24H25N3O4/c1-2-3-14-22(29)26-20-12-5-4-10-18(20)25-19-11-7-13-21(28)23(19)24(26)16-8-6-9-17(15-16)27(30)31/h4-6,8-10,12,15,24-25H,2-3,7,11,13-14H2,1H3/t24-/m1/s1. The van der Waals surface area contributed by atoms with Crippen molar-refractivity contribution >= 4 is 28.8 Å². The summed E-state index contributed by atoms with van der Waals surface area (Å²) in [5, 5.41) is 14.8. The van der Waals surface area contributed by atoms with Crippen molar-refractivity contribution in [3.05, 3.63) is 75.5 Å². The Hall–Kier alpha value is -3.48. The molecule has 0 aromatic heterocycles. The van der Waals surface area contributed by atoms with E-state index in [1.807, 2.05) is 31.2 Å². The maximum absolute atomic E-state index is 13.5. The lowest BCUT2D eigenvalue weighted by molar-refractivity contribution is -0.384. The molecule has 1 N–H and O–H groups in total. The molecule has 2 aliphatic rings. The van der Waals surface area contributed by atoms with Gasteiger partial charge in [-0.2, -0.15) is 0 Å². The van der Waals surface area contributed by atoms with Gasteiger partial charge < -0.3 is 5.32 Å².